The number of carboxylic acid groups (broad SMARTS) is 1. The maximum absolute atomic E-state index is 11.7. The number of urea groups is 1. The minimum Gasteiger partial charge on any atom is -0.480 e. The van der Waals surface area contributed by atoms with Gasteiger partial charge in [-0.2, -0.15) is 0 Å². The smallest absolute Gasteiger partial charge is 0.323 e. The molecule has 0 aliphatic heterocycles. The fraction of sp³-hybridized carbons (Fsp3) is 0.182. The van der Waals surface area contributed by atoms with Crippen LogP contribution >= 0.6 is 22.9 Å². The first kappa shape index (κ1) is 13.6. The second-order valence-electron chi connectivity index (χ2n) is 3.81. The lowest BCUT2D eigenvalue weighted by Crippen LogP contribution is -2.35. The van der Waals surface area contributed by atoms with Crippen molar-refractivity contribution in [2.45, 2.75) is 0 Å². The number of anilines is 1. The van der Waals surface area contributed by atoms with E-state index in [9.17, 15) is 9.59 Å². The molecule has 0 aliphatic carbocycles. The van der Waals surface area contributed by atoms with Gasteiger partial charge in [-0.3, -0.25) is 10.1 Å². The van der Waals surface area contributed by atoms with Gasteiger partial charge < -0.3 is 10.0 Å². The monoisotopic (exact) mass is 299 g/mol. The molecule has 0 atom stereocenters. The van der Waals surface area contributed by atoms with Gasteiger partial charge in [-0.05, 0) is 18.2 Å². The molecule has 0 spiro atoms. The van der Waals surface area contributed by atoms with E-state index in [-0.39, 0.29) is 6.54 Å². The molecule has 0 fully saturated rings. The van der Waals surface area contributed by atoms with Gasteiger partial charge in [0.25, 0.3) is 0 Å². The van der Waals surface area contributed by atoms with Crippen molar-refractivity contribution in [1.82, 2.24) is 9.88 Å². The van der Waals surface area contributed by atoms with Crippen LogP contribution in [-0.4, -0.2) is 40.6 Å². The number of hydrogen-bond donors (Lipinski definition) is 2. The van der Waals surface area contributed by atoms with Crippen LogP contribution in [0.25, 0.3) is 10.2 Å². The predicted octanol–water partition coefficient (Wildman–Crippen LogP) is 2.50. The summed E-state index contributed by atoms with van der Waals surface area (Å²) in [6.07, 6.45) is 0. The van der Waals surface area contributed by atoms with Gasteiger partial charge in [0, 0.05) is 12.1 Å². The number of carbonyl (C=O) groups excluding carboxylic acids is 1. The first-order chi connectivity index (χ1) is 8.95. The predicted molar refractivity (Wildman–Crippen MR) is 73.9 cm³/mol. The Bertz CT molecular complexity index is 643. The Kier molecular flexibility index (Phi) is 3.87. The van der Waals surface area contributed by atoms with Gasteiger partial charge in [0.1, 0.15) is 6.54 Å². The lowest BCUT2D eigenvalue weighted by molar-refractivity contribution is -0.137. The maximum atomic E-state index is 11.7. The molecule has 8 heteroatoms. The average molecular weight is 300 g/mol. The molecule has 1 aromatic heterocycles. The minimum atomic E-state index is -1.08. The molecule has 0 bridgehead atoms. The quantitative estimate of drug-likeness (QED) is 0.912. The van der Waals surface area contributed by atoms with Crippen molar-refractivity contribution in [3.05, 3.63) is 23.2 Å². The number of aromatic nitrogens is 1. The third-order valence-electron chi connectivity index (χ3n) is 2.28. The summed E-state index contributed by atoms with van der Waals surface area (Å²) in [7, 11) is 1.40. The third-order valence-corrected chi connectivity index (χ3v) is 3.45. The lowest BCUT2D eigenvalue weighted by atomic mass is 10.3. The second-order valence-corrected chi connectivity index (χ2v) is 5.28. The molecule has 0 saturated heterocycles. The van der Waals surface area contributed by atoms with Crippen LogP contribution in [0.5, 0.6) is 0 Å². The summed E-state index contributed by atoms with van der Waals surface area (Å²) in [5.74, 6) is -1.08. The molecule has 100 valence electrons. The van der Waals surface area contributed by atoms with Gasteiger partial charge in [-0.15, -0.1) is 0 Å². The number of amides is 2. The van der Waals surface area contributed by atoms with Crippen molar-refractivity contribution in [3.63, 3.8) is 0 Å². The van der Waals surface area contributed by atoms with E-state index in [0.29, 0.717) is 10.2 Å². The fourth-order valence-corrected chi connectivity index (χ4v) is 2.55. The number of halogens is 1. The fourth-order valence-electron chi connectivity index (χ4n) is 1.41. The Hall–Kier alpha value is -1.86. The van der Waals surface area contributed by atoms with Crippen molar-refractivity contribution in [1.29, 1.82) is 0 Å². The van der Waals surface area contributed by atoms with Crippen molar-refractivity contribution >= 4 is 50.3 Å². The standard InChI is InChI=1S/C11H10ClN3O3S/c1-15(5-9(16)17)11(18)14-10-13-7-3-2-6(12)4-8(7)19-10/h2-4H,5H2,1H3,(H,16,17)(H,13,14,18). The molecule has 0 unspecified atom stereocenters. The highest BCUT2D eigenvalue weighted by Crippen LogP contribution is 2.28. The Labute approximate surface area is 117 Å². The normalized spacial score (nSPS) is 10.4. The molecular formula is C11H10ClN3O3S. The number of nitrogens with zero attached hydrogens (tertiary/aromatic N) is 2. The van der Waals surface area contributed by atoms with Crippen LogP contribution in [-0.2, 0) is 4.79 Å². The van der Waals surface area contributed by atoms with Crippen molar-refractivity contribution < 1.29 is 14.7 Å². The van der Waals surface area contributed by atoms with E-state index >= 15 is 0 Å². The minimum absolute atomic E-state index is 0.372. The molecule has 6 nitrogen and oxygen atoms in total. The molecule has 1 aromatic carbocycles. The van der Waals surface area contributed by atoms with E-state index < -0.39 is 12.0 Å². The Morgan fingerprint density at radius 2 is 2.26 bits per heavy atom. The maximum Gasteiger partial charge on any atom is 0.323 e. The van der Waals surface area contributed by atoms with E-state index in [0.717, 1.165) is 15.1 Å². The van der Waals surface area contributed by atoms with Gasteiger partial charge in [0.2, 0.25) is 0 Å². The highest BCUT2D eigenvalue weighted by Gasteiger charge is 2.14. The topological polar surface area (TPSA) is 82.5 Å². The summed E-state index contributed by atoms with van der Waals surface area (Å²) in [4.78, 5) is 27.4. The van der Waals surface area contributed by atoms with E-state index in [1.807, 2.05) is 0 Å². The van der Waals surface area contributed by atoms with Crippen LogP contribution < -0.4 is 5.32 Å². The summed E-state index contributed by atoms with van der Waals surface area (Å²) in [6.45, 7) is -0.372. The van der Waals surface area contributed by atoms with Crippen LogP contribution in [0.4, 0.5) is 9.93 Å². The van der Waals surface area contributed by atoms with E-state index in [4.69, 9.17) is 16.7 Å². The largest absolute Gasteiger partial charge is 0.480 e. The number of likely N-dealkylation sites (N-methyl/N-ethyl adjacent to an activating group) is 1. The molecule has 19 heavy (non-hydrogen) atoms. The molecule has 0 radical (unpaired) electrons. The van der Waals surface area contributed by atoms with E-state index in [1.165, 1.54) is 18.4 Å². The van der Waals surface area contributed by atoms with Crippen molar-refractivity contribution in [2.75, 3.05) is 18.9 Å². The number of hydrogen-bond acceptors (Lipinski definition) is 4. The van der Waals surface area contributed by atoms with Gasteiger partial charge in [0.05, 0.1) is 10.2 Å². The summed E-state index contributed by atoms with van der Waals surface area (Å²) >= 11 is 7.13. The van der Waals surface area contributed by atoms with Gasteiger partial charge in [0.15, 0.2) is 5.13 Å². The van der Waals surface area contributed by atoms with Gasteiger partial charge in [-0.25, -0.2) is 9.78 Å². The first-order valence-electron chi connectivity index (χ1n) is 5.25. The SMILES string of the molecule is CN(CC(=O)O)C(=O)Nc1nc2ccc(Cl)cc2s1. The average Bonchev–Trinajstić information content (AvgIpc) is 2.69. The molecule has 2 N–H and O–H groups in total. The van der Waals surface area contributed by atoms with Crippen LogP contribution in [0.15, 0.2) is 18.2 Å². The molecular weight excluding hydrogens is 290 g/mol. The number of fused-ring (bicyclic) bond motifs is 1. The highest BCUT2D eigenvalue weighted by atomic mass is 35.5. The van der Waals surface area contributed by atoms with Crippen LogP contribution in [0, 0.1) is 0 Å². The number of rotatable bonds is 3. The first-order valence-corrected chi connectivity index (χ1v) is 6.45. The zero-order valence-corrected chi connectivity index (χ0v) is 11.5. The van der Waals surface area contributed by atoms with Crippen molar-refractivity contribution in [2.24, 2.45) is 0 Å². The lowest BCUT2D eigenvalue weighted by Gasteiger charge is -2.13. The summed E-state index contributed by atoms with van der Waals surface area (Å²) in [5, 5.41) is 12.1. The number of nitrogens with one attached hydrogen (secondary N) is 1. The molecule has 2 amide bonds. The molecule has 1 heterocycles. The number of carbonyl (C=O) groups is 2. The zero-order chi connectivity index (χ0) is 14.0. The molecule has 2 aromatic rings. The summed E-state index contributed by atoms with van der Waals surface area (Å²) < 4.78 is 0.851. The van der Waals surface area contributed by atoms with Gasteiger partial charge >= 0.3 is 12.0 Å². The number of carboxylic acids is 1. The highest BCUT2D eigenvalue weighted by molar-refractivity contribution is 7.22. The molecule has 0 saturated carbocycles. The second kappa shape index (κ2) is 5.41. The van der Waals surface area contributed by atoms with Crippen LogP contribution in [0.2, 0.25) is 5.02 Å². The van der Waals surface area contributed by atoms with E-state index in [2.05, 4.69) is 10.3 Å². The summed E-state index contributed by atoms with van der Waals surface area (Å²) in [6, 6.07) is 4.70. The van der Waals surface area contributed by atoms with Crippen LogP contribution in [0.1, 0.15) is 0 Å². The number of thiazole rings is 1. The molecule has 2 rings (SSSR count). The van der Waals surface area contributed by atoms with Crippen LogP contribution in [0.3, 0.4) is 0 Å². The third kappa shape index (κ3) is 3.33. The Morgan fingerprint density at radius 1 is 1.53 bits per heavy atom. The zero-order valence-electron chi connectivity index (χ0n) is 9.88. The molecule has 0 aliphatic rings. The number of aliphatic carboxylic acids is 1. The van der Waals surface area contributed by atoms with Gasteiger partial charge in [-0.1, -0.05) is 22.9 Å². The summed E-state index contributed by atoms with van der Waals surface area (Å²) in [5.41, 5.74) is 0.727. The van der Waals surface area contributed by atoms with E-state index in [1.54, 1.807) is 18.2 Å². The van der Waals surface area contributed by atoms with Crippen molar-refractivity contribution in [3.8, 4) is 0 Å². The number of benzene rings is 1. The Morgan fingerprint density at radius 3 is 2.95 bits per heavy atom. The Balaban J connectivity index is 2.12.